The predicted molar refractivity (Wildman–Crippen MR) is 99.2 cm³/mol. The molecular weight excluding hydrogens is 340 g/mol. The van der Waals surface area contributed by atoms with Crippen LogP contribution in [-0.2, 0) is 16.1 Å². The van der Waals surface area contributed by atoms with E-state index in [0.717, 1.165) is 16.8 Å². The van der Waals surface area contributed by atoms with Crippen LogP contribution in [0.4, 0.5) is 5.69 Å². The third-order valence-electron chi connectivity index (χ3n) is 3.76. The highest BCUT2D eigenvalue weighted by molar-refractivity contribution is 8.00. The molecule has 0 saturated heterocycles. The molecule has 0 aliphatic rings. The molecule has 1 amide bonds. The van der Waals surface area contributed by atoms with E-state index in [1.54, 1.807) is 14.0 Å². The predicted octanol–water partition coefficient (Wildman–Crippen LogP) is 2.34. The first kappa shape index (κ1) is 19.3. The van der Waals surface area contributed by atoms with Gasteiger partial charge in [-0.1, -0.05) is 23.9 Å². The smallest absolute Gasteiger partial charge is 0.343 e. The van der Waals surface area contributed by atoms with E-state index in [9.17, 15) is 9.59 Å². The summed E-state index contributed by atoms with van der Waals surface area (Å²) in [6.07, 6.45) is 0.701. The van der Waals surface area contributed by atoms with Crippen molar-refractivity contribution in [2.24, 2.45) is 0 Å². The number of aromatic amines is 1. The minimum absolute atomic E-state index is 0.127. The van der Waals surface area contributed by atoms with Crippen LogP contribution in [0.25, 0.3) is 0 Å². The van der Waals surface area contributed by atoms with Crippen LogP contribution in [0.3, 0.4) is 0 Å². The minimum atomic E-state index is -0.392. The normalized spacial score (nSPS) is 12.2. The van der Waals surface area contributed by atoms with Gasteiger partial charge in [0.25, 0.3) is 0 Å². The fourth-order valence-corrected chi connectivity index (χ4v) is 3.16. The number of aromatic nitrogens is 3. The fourth-order valence-electron chi connectivity index (χ4n) is 2.27. The van der Waals surface area contributed by atoms with Crippen molar-refractivity contribution in [1.82, 2.24) is 14.8 Å². The highest BCUT2D eigenvalue weighted by Gasteiger charge is 2.19. The Morgan fingerprint density at radius 2 is 2.20 bits per heavy atom. The van der Waals surface area contributed by atoms with Crippen molar-refractivity contribution in [2.45, 2.75) is 44.1 Å². The first-order chi connectivity index (χ1) is 11.9. The molecule has 0 saturated carbocycles. The van der Waals surface area contributed by atoms with Gasteiger partial charge < -0.3 is 10.1 Å². The molecule has 1 aromatic heterocycles. The molecule has 136 valence electrons. The molecule has 1 unspecified atom stereocenters. The number of ether oxygens (including phenoxy) is 1. The maximum atomic E-state index is 12.5. The third kappa shape index (κ3) is 5.20. The van der Waals surface area contributed by atoms with E-state index in [2.05, 4.69) is 15.5 Å². The van der Waals surface area contributed by atoms with Gasteiger partial charge in [0, 0.05) is 25.9 Å². The van der Waals surface area contributed by atoms with Gasteiger partial charge in [0.1, 0.15) is 0 Å². The summed E-state index contributed by atoms with van der Waals surface area (Å²) in [7, 11) is 1.62. The van der Waals surface area contributed by atoms with Crippen LogP contribution < -0.4 is 11.0 Å². The lowest BCUT2D eigenvalue weighted by molar-refractivity contribution is -0.115. The van der Waals surface area contributed by atoms with Gasteiger partial charge in [-0.3, -0.25) is 9.36 Å². The largest absolute Gasteiger partial charge is 0.385 e. The highest BCUT2D eigenvalue weighted by atomic mass is 32.2. The summed E-state index contributed by atoms with van der Waals surface area (Å²) in [6, 6.07) is 5.93. The highest BCUT2D eigenvalue weighted by Crippen LogP contribution is 2.23. The van der Waals surface area contributed by atoms with E-state index < -0.39 is 5.25 Å². The second kappa shape index (κ2) is 8.87. The van der Waals surface area contributed by atoms with Crippen LogP contribution in [0.2, 0.25) is 0 Å². The average Bonchev–Trinajstić information content (AvgIpc) is 2.91. The summed E-state index contributed by atoms with van der Waals surface area (Å²) in [5.74, 6) is -0.127. The Labute approximate surface area is 151 Å². The molecule has 2 N–H and O–H groups in total. The molecule has 2 rings (SSSR count). The van der Waals surface area contributed by atoms with E-state index in [-0.39, 0.29) is 11.6 Å². The topological polar surface area (TPSA) is 89.0 Å². The molecule has 0 bridgehead atoms. The van der Waals surface area contributed by atoms with Gasteiger partial charge in [-0.2, -0.15) is 0 Å². The van der Waals surface area contributed by atoms with Crippen molar-refractivity contribution < 1.29 is 9.53 Å². The first-order valence-corrected chi connectivity index (χ1v) is 8.99. The quantitative estimate of drug-likeness (QED) is 0.554. The zero-order chi connectivity index (χ0) is 18.4. The van der Waals surface area contributed by atoms with Gasteiger partial charge >= 0.3 is 5.69 Å². The van der Waals surface area contributed by atoms with Gasteiger partial charge in [-0.25, -0.2) is 9.89 Å². The van der Waals surface area contributed by atoms with Crippen LogP contribution in [-0.4, -0.2) is 39.6 Å². The molecule has 0 fully saturated rings. The SMILES string of the molecule is COCCCn1c(SC(C)C(=O)Nc2cc(C)ccc2C)n[nH]c1=O. The zero-order valence-corrected chi connectivity index (χ0v) is 15.8. The minimum Gasteiger partial charge on any atom is -0.385 e. The van der Waals surface area contributed by atoms with Crippen molar-refractivity contribution in [3.8, 4) is 0 Å². The molecule has 0 spiro atoms. The maximum absolute atomic E-state index is 12.5. The average molecular weight is 364 g/mol. The molecule has 0 aliphatic carbocycles. The van der Waals surface area contributed by atoms with Crippen molar-refractivity contribution >= 4 is 23.4 Å². The summed E-state index contributed by atoms with van der Waals surface area (Å²) < 4.78 is 6.54. The Bertz CT molecular complexity index is 784. The van der Waals surface area contributed by atoms with E-state index in [1.165, 1.54) is 16.3 Å². The third-order valence-corrected chi connectivity index (χ3v) is 4.85. The van der Waals surface area contributed by atoms with E-state index in [4.69, 9.17) is 4.74 Å². The van der Waals surface area contributed by atoms with Crippen molar-refractivity contribution in [3.63, 3.8) is 0 Å². The summed E-state index contributed by atoms with van der Waals surface area (Å²) >= 11 is 1.25. The fraction of sp³-hybridized carbons (Fsp3) is 0.471. The van der Waals surface area contributed by atoms with Gasteiger partial charge in [0.2, 0.25) is 5.91 Å². The Morgan fingerprint density at radius 1 is 1.44 bits per heavy atom. The van der Waals surface area contributed by atoms with Crippen LogP contribution >= 0.6 is 11.8 Å². The number of methoxy groups -OCH3 is 1. The number of aryl methyl sites for hydroxylation is 2. The number of rotatable bonds is 8. The van der Waals surface area contributed by atoms with Gasteiger partial charge in [0.05, 0.1) is 5.25 Å². The number of anilines is 1. The first-order valence-electron chi connectivity index (χ1n) is 8.11. The Morgan fingerprint density at radius 3 is 2.92 bits per heavy atom. The number of amides is 1. The Kier molecular flexibility index (Phi) is 6.83. The van der Waals surface area contributed by atoms with Gasteiger partial charge in [-0.15, -0.1) is 5.10 Å². The molecule has 25 heavy (non-hydrogen) atoms. The number of nitrogens with zero attached hydrogens (tertiary/aromatic N) is 2. The van der Waals surface area contributed by atoms with Crippen molar-refractivity contribution in [3.05, 3.63) is 39.8 Å². The summed E-state index contributed by atoms with van der Waals surface area (Å²) in [6.45, 7) is 6.79. The van der Waals surface area contributed by atoms with Crippen LogP contribution in [0.15, 0.2) is 28.2 Å². The van der Waals surface area contributed by atoms with Crippen molar-refractivity contribution in [1.29, 1.82) is 0 Å². The van der Waals surface area contributed by atoms with Crippen molar-refractivity contribution in [2.75, 3.05) is 19.0 Å². The van der Waals surface area contributed by atoms with E-state index in [0.29, 0.717) is 24.7 Å². The molecule has 1 heterocycles. The standard InChI is InChI=1S/C17H24N4O3S/c1-11-6-7-12(2)14(10-11)18-15(22)13(3)25-17-20-19-16(23)21(17)8-5-9-24-4/h6-7,10,13H,5,8-9H2,1-4H3,(H,18,22)(H,19,23). The maximum Gasteiger partial charge on any atom is 0.343 e. The van der Waals surface area contributed by atoms with E-state index in [1.807, 2.05) is 32.0 Å². The molecule has 7 nitrogen and oxygen atoms in total. The monoisotopic (exact) mass is 364 g/mol. The van der Waals surface area contributed by atoms with Crippen LogP contribution in [0.1, 0.15) is 24.5 Å². The number of benzene rings is 1. The summed E-state index contributed by atoms with van der Waals surface area (Å²) in [5, 5.41) is 9.52. The second-order valence-corrected chi connectivity index (χ2v) is 7.18. The number of hydrogen-bond acceptors (Lipinski definition) is 5. The van der Waals surface area contributed by atoms with E-state index >= 15 is 0 Å². The van der Waals surface area contributed by atoms with Gasteiger partial charge in [0.15, 0.2) is 5.16 Å². The number of thioether (sulfide) groups is 1. The molecule has 0 aliphatic heterocycles. The van der Waals surface area contributed by atoms with Crippen LogP contribution in [0.5, 0.6) is 0 Å². The lowest BCUT2D eigenvalue weighted by Crippen LogP contribution is -2.24. The number of carbonyl (C=O) groups excluding carboxylic acids is 1. The number of nitrogens with one attached hydrogen (secondary N) is 2. The Balaban J connectivity index is 2.04. The number of hydrogen-bond donors (Lipinski definition) is 2. The molecular formula is C17H24N4O3S. The number of carbonyl (C=O) groups is 1. The zero-order valence-electron chi connectivity index (χ0n) is 15.0. The lowest BCUT2D eigenvalue weighted by Gasteiger charge is -2.14. The molecule has 2 aromatic rings. The molecule has 1 aromatic carbocycles. The second-order valence-electron chi connectivity index (χ2n) is 5.88. The molecule has 1 atom stereocenters. The van der Waals surface area contributed by atoms with Gasteiger partial charge in [-0.05, 0) is 44.4 Å². The molecule has 0 radical (unpaired) electrons. The van der Waals surface area contributed by atoms with Crippen LogP contribution in [0, 0.1) is 13.8 Å². The lowest BCUT2D eigenvalue weighted by atomic mass is 10.1. The summed E-state index contributed by atoms with van der Waals surface area (Å²) in [5.41, 5.74) is 2.62. The number of H-pyrrole nitrogens is 1. The summed E-state index contributed by atoms with van der Waals surface area (Å²) in [4.78, 5) is 24.3. The molecule has 8 heteroatoms. The Hall–Kier alpha value is -2.06.